The van der Waals surface area contributed by atoms with Crippen molar-refractivity contribution in [2.45, 2.75) is 26.3 Å². The maximum atomic E-state index is 5.12. The van der Waals surface area contributed by atoms with Crippen molar-refractivity contribution in [1.82, 2.24) is 19.9 Å². The molecule has 0 aliphatic carbocycles. The van der Waals surface area contributed by atoms with Gasteiger partial charge in [-0.3, -0.25) is 0 Å². The Morgan fingerprint density at radius 3 is 2.91 bits per heavy atom. The van der Waals surface area contributed by atoms with E-state index in [1.807, 2.05) is 19.9 Å². The predicted octanol–water partition coefficient (Wildman–Crippen LogP) is 1.58. The van der Waals surface area contributed by atoms with E-state index in [-0.39, 0.29) is 0 Å². The van der Waals surface area contributed by atoms with Gasteiger partial charge in [0, 0.05) is 43.2 Å². The van der Waals surface area contributed by atoms with Crippen molar-refractivity contribution in [2.75, 3.05) is 30.4 Å². The molecule has 3 heterocycles. The number of anilines is 2. The average molecular weight is 300 g/mol. The van der Waals surface area contributed by atoms with Gasteiger partial charge in [-0.15, -0.1) is 0 Å². The minimum absolute atomic E-state index is 0.294. The van der Waals surface area contributed by atoms with Crippen LogP contribution in [-0.2, 0) is 0 Å². The molecule has 7 nitrogen and oxygen atoms in total. The Hall–Kier alpha value is -2.44. The van der Waals surface area contributed by atoms with Gasteiger partial charge in [0.15, 0.2) is 0 Å². The van der Waals surface area contributed by atoms with E-state index < -0.39 is 0 Å². The number of rotatable bonds is 4. The van der Waals surface area contributed by atoms with E-state index in [1.54, 1.807) is 19.4 Å². The monoisotopic (exact) mass is 300 g/mol. The zero-order valence-electron chi connectivity index (χ0n) is 13.1. The molecule has 1 atom stereocenters. The molecule has 1 fully saturated rings. The van der Waals surface area contributed by atoms with Gasteiger partial charge in [0.05, 0.1) is 7.11 Å². The first-order valence-electron chi connectivity index (χ1n) is 7.35. The molecule has 3 rings (SSSR count). The fourth-order valence-electron chi connectivity index (χ4n) is 2.65. The van der Waals surface area contributed by atoms with Crippen LogP contribution in [0.15, 0.2) is 18.3 Å². The summed E-state index contributed by atoms with van der Waals surface area (Å²) in [5, 5.41) is 3.36. The zero-order chi connectivity index (χ0) is 15.5. The third-order valence-electron chi connectivity index (χ3n) is 3.64. The summed E-state index contributed by atoms with van der Waals surface area (Å²) < 4.78 is 5.12. The summed E-state index contributed by atoms with van der Waals surface area (Å²) in [6.07, 6.45) is 2.71. The van der Waals surface area contributed by atoms with Crippen LogP contribution >= 0.6 is 0 Å². The Morgan fingerprint density at radius 1 is 1.27 bits per heavy atom. The van der Waals surface area contributed by atoms with Gasteiger partial charge in [0.2, 0.25) is 11.8 Å². The second-order valence-electron chi connectivity index (χ2n) is 5.41. The molecule has 2 aromatic rings. The number of nitrogens with one attached hydrogen (secondary N) is 1. The van der Waals surface area contributed by atoms with Gasteiger partial charge in [0.1, 0.15) is 11.6 Å². The molecule has 1 unspecified atom stereocenters. The Balaban J connectivity index is 1.66. The molecule has 1 N–H and O–H groups in total. The van der Waals surface area contributed by atoms with Gasteiger partial charge in [-0.25, -0.2) is 15.0 Å². The van der Waals surface area contributed by atoms with Crippen LogP contribution in [0.2, 0.25) is 0 Å². The van der Waals surface area contributed by atoms with Gasteiger partial charge in [-0.2, -0.15) is 4.98 Å². The summed E-state index contributed by atoms with van der Waals surface area (Å²) in [4.78, 5) is 19.6. The fourth-order valence-corrected chi connectivity index (χ4v) is 2.65. The van der Waals surface area contributed by atoms with Crippen LogP contribution in [-0.4, -0.2) is 46.2 Å². The third kappa shape index (κ3) is 3.24. The molecule has 1 saturated heterocycles. The van der Waals surface area contributed by atoms with Gasteiger partial charge in [-0.05, 0) is 20.3 Å². The van der Waals surface area contributed by atoms with E-state index in [4.69, 9.17) is 4.74 Å². The van der Waals surface area contributed by atoms with Crippen molar-refractivity contribution in [3.63, 3.8) is 0 Å². The molecule has 2 aromatic heterocycles. The first-order chi connectivity index (χ1) is 10.6. The molecule has 0 aromatic carbocycles. The van der Waals surface area contributed by atoms with Crippen molar-refractivity contribution in [1.29, 1.82) is 0 Å². The molecule has 1 aliphatic rings. The molecular formula is C15H20N6O. The lowest BCUT2D eigenvalue weighted by Crippen LogP contribution is -2.27. The largest absolute Gasteiger partial charge is 0.481 e. The number of nitrogens with zero attached hydrogens (tertiary/aromatic N) is 5. The Kier molecular flexibility index (Phi) is 4.04. The SMILES string of the molecule is COc1ccnc(NC2CCN(c3cc(C)nc(C)n3)C2)n1. The second kappa shape index (κ2) is 6.13. The van der Waals surface area contributed by atoms with Gasteiger partial charge >= 0.3 is 0 Å². The quantitative estimate of drug-likeness (QED) is 0.918. The number of aryl methyl sites for hydroxylation is 2. The van der Waals surface area contributed by atoms with Gasteiger partial charge in [-0.1, -0.05) is 0 Å². The van der Waals surface area contributed by atoms with E-state index >= 15 is 0 Å². The average Bonchev–Trinajstić information content (AvgIpc) is 2.95. The van der Waals surface area contributed by atoms with Crippen molar-refractivity contribution in [3.05, 3.63) is 29.8 Å². The zero-order valence-corrected chi connectivity index (χ0v) is 13.1. The van der Waals surface area contributed by atoms with Crippen LogP contribution in [0.1, 0.15) is 17.9 Å². The van der Waals surface area contributed by atoms with E-state index in [0.29, 0.717) is 17.9 Å². The molecule has 1 aliphatic heterocycles. The molecule has 116 valence electrons. The fraction of sp³-hybridized carbons (Fsp3) is 0.467. The number of ether oxygens (including phenoxy) is 1. The van der Waals surface area contributed by atoms with E-state index in [1.165, 1.54) is 0 Å². The summed E-state index contributed by atoms with van der Waals surface area (Å²) in [5.74, 6) is 2.96. The smallest absolute Gasteiger partial charge is 0.226 e. The van der Waals surface area contributed by atoms with Crippen molar-refractivity contribution >= 4 is 11.8 Å². The minimum Gasteiger partial charge on any atom is -0.481 e. The predicted molar refractivity (Wildman–Crippen MR) is 84.3 cm³/mol. The highest BCUT2D eigenvalue weighted by Crippen LogP contribution is 2.21. The highest BCUT2D eigenvalue weighted by molar-refractivity contribution is 5.43. The highest BCUT2D eigenvalue weighted by atomic mass is 16.5. The van der Waals surface area contributed by atoms with Gasteiger partial charge < -0.3 is 15.0 Å². The summed E-state index contributed by atoms with van der Waals surface area (Å²) in [6.45, 7) is 5.74. The summed E-state index contributed by atoms with van der Waals surface area (Å²) in [6, 6.07) is 4.05. The topological polar surface area (TPSA) is 76.1 Å². The first kappa shape index (κ1) is 14.5. The lowest BCUT2D eigenvalue weighted by Gasteiger charge is -2.18. The molecule has 0 bridgehead atoms. The first-order valence-corrected chi connectivity index (χ1v) is 7.35. The number of hydrogen-bond donors (Lipinski definition) is 1. The maximum Gasteiger partial charge on any atom is 0.226 e. The van der Waals surface area contributed by atoms with Crippen LogP contribution in [0.25, 0.3) is 0 Å². The molecule has 7 heteroatoms. The van der Waals surface area contributed by atoms with Crippen LogP contribution in [0.4, 0.5) is 11.8 Å². The molecule has 0 spiro atoms. The molecule has 0 saturated carbocycles. The molecule has 22 heavy (non-hydrogen) atoms. The molecule has 0 amide bonds. The number of methoxy groups -OCH3 is 1. The summed E-state index contributed by atoms with van der Waals surface area (Å²) >= 11 is 0. The Labute approximate surface area is 129 Å². The van der Waals surface area contributed by atoms with Crippen LogP contribution in [0, 0.1) is 13.8 Å². The summed E-state index contributed by atoms with van der Waals surface area (Å²) in [7, 11) is 1.60. The standard InChI is InChI=1S/C15H20N6O/c1-10-8-13(18-11(2)17-10)21-7-5-12(9-21)19-15-16-6-4-14(20-15)22-3/h4,6,8,12H,5,7,9H2,1-3H3,(H,16,19,20). The number of hydrogen-bond acceptors (Lipinski definition) is 7. The lowest BCUT2D eigenvalue weighted by atomic mass is 10.3. The van der Waals surface area contributed by atoms with Crippen molar-refractivity contribution in [3.8, 4) is 5.88 Å². The van der Waals surface area contributed by atoms with Crippen molar-refractivity contribution < 1.29 is 4.74 Å². The van der Waals surface area contributed by atoms with Crippen LogP contribution in [0.3, 0.4) is 0 Å². The third-order valence-corrected chi connectivity index (χ3v) is 3.64. The minimum atomic E-state index is 0.294. The Bertz CT molecular complexity index is 642. The normalized spacial score (nSPS) is 17.6. The van der Waals surface area contributed by atoms with Crippen molar-refractivity contribution in [2.24, 2.45) is 0 Å². The van der Waals surface area contributed by atoms with Gasteiger partial charge in [0.25, 0.3) is 0 Å². The van der Waals surface area contributed by atoms with Crippen LogP contribution < -0.4 is 15.0 Å². The Morgan fingerprint density at radius 2 is 2.14 bits per heavy atom. The molecular weight excluding hydrogens is 280 g/mol. The van der Waals surface area contributed by atoms with E-state index in [9.17, 15) is 0 Å². The number of aromatic nitrogens is 4. The van der Waals surface area contributed by atoms with Crippen LogP contribution in [0.5, 0.6) is 5.88 Å². The van der Waals surface area contributed by atoms with E-state index in [2.05, 4.69) is 30.2 Å². The second-order valence-corrected chi connectivity index (χ2v) is 5.41. The lowest BCUT2D eigenvalue weighted by molar-refractivity contribution is 0.397. The molecule has 0 radical (unpaired) electrons. The highest BCUT2D eigenvalue weighted by Gasteiger charge is 2.24. The summed E-state index contributed by atoms with van der Waals surface area (Å²) in [5.41, 5.74) is 0.995. The van der Waals surface area contributed by atoms with E-state index in [0.717, 1.165) is 36.8 Å². The maximum absolute atomic E-state index is 5.12.